The third kappa shape index (κ3) is 1.64. The summed E-state index contributed by atoms with van der Waals surface area (Å²) in [7, 11) is 0. The van der Waals surface area contributed by atoms with E-state index in [1.165, 1.54) is 0 Å². The number of carbonyl (C=O) groups excluding carboxylic acids is 1. The van der Waals surface area contributed by atoms with E-state index in [1.807, 2.05) is 5.01 Å². The zero-order valence-corrected chi connectivity index (χ0v) is 10.4. The van der Waals surface area contributed by atoms with Gasteiger partial charge in [-0.1, -0.05) is 13.3 Å². The molecule has 0 aliphatic carbocycles. The van der Waals surface area contributed by atoms with Crippen LogP contribution in [0.1, 0.15) is 46.5 Å². The number of β-lactam (4-membered cyclic amide) rings is 1. The predicted molar refractivity (Wildman–Crippen MR) is 61.5 cm³/mol. The fraction of sp³-hybridized carbons (Fsp3) is 0.917. The van der Waals surface area contributed by atoms with Crippen molar-refractivity contribution < 1.29 is 9.90 Å². The van der Waals surface area contributed by atoms with Crippen molar-refractivity contribution in [2.24, 2.45) is 0 Å². The van der Waals surface area contributed by atoms with Crippen LogP contribution in [0, 0.1) is 0 Å². The molecule has 2 aliphatic heterocycles. The Morgan fingerprint density at radius 3 is 2.38 bits per heavy atom. The number of carbonyl (C=O) groups is 1. The number of nitrogens with zero attached hydrogens (tertiary/aromatic N) is 2. The highest BCUT2D eigenvalue weighted by molar-refractivity contribution is 5.87. The second kappa shape index (κ2) is 4.34. The summed E-state index contributed by atoms with van der Waals surface area (Å²) in [5, 5.41) is 13.7. The van der Waals surface area contributed by atoms with Crippen LogP contribution in [0.2, 0.25) is 0 Å². The molecule has 16 heavy (non-hydrogen) atoms. The van der Waals surface area contributed by atoms with Gasteiger partial charge in [-0.2, -0.15) is 0 Å². The lowest BCUT2D eigenvalue weighted by molar-refractivity contribution is -0.211. The first-order chi connectivity index (χ1) is 7.57. The second-order valence-electron chi connectivity index (χ2n) is 5.14. The maximum absolute atomic E-state index is 11.8. The third-order valence-corrected chi connectivity index (χ3v) is 3.90. The molecule has 2 aliphatic rings. The maximum atomic E-state index is 11.8. The molecule has 0 unspecified atom stereocenters. The van der Waals surface area contributed by atoms with Crippen molar-refractivity contribution in [3.05, 3.63) is 0 Å². The normalized spacial score (nSPS) is 40.2. The Bertz CT molecular complexity index is 272. The van der Waals surface area contributed by atoms with Crippen LogP contribution in [0.5, 0.6) is 0 Å². The Hall–Kier alpha value is -0.610. The maximum Gasteiger partial charge on any atom is 0.268 e. The average molecular weight is 226 g/mol. The van der Waals surface area contributed by atoms with E-state index in [1.54, 1.807) is 0 Å². The van der Waals surface area contributed by atoms with Crippen LogP contribution in [-0.4, -0.2) is 45.3 Å². The third-order valence-electron chi connectivity index (χ3n) is 3.90. The van der Waals surface area contributed by atoms with E-state index >= 15 is 0 Å². The summed E-state index contributed by atoms with van der Waals surface area (Å²) in [6.07, 6.45) is 3.41. The van der Waals surface area contributed by atoms with Crippen molar-refractivity contribution in [3.63, 3.8) is 0 Å². The van der Waals surface area contributed by atoms with Crippen LogP contribution in [0.15, 0.2) is 0 Å². The van der Waals surface area contributed by atoms with Crippen LogP contribution >= 0.6 is 0 Å². The lowest BCUT2D eigenvalue weighted by Crippen LogP contribution is -2.71. The Labute approximate surface area is 97.2 Å². The van der Waals surface area contributed by atoms with E-state index in [0.29, 0.717) is 12.1 Å². The van der Waals surface area contributed by atoms with Crippen molar-refractivity contribution in [1.82, 2.24) is 10.0 Å². The lowest BCUT2D eigenvalue weighted by atomic mass is 9.96. The minimum atomic E-state index is -0.764. The van der Waals surface area contributed by atoms with Crippen LogP contribution in [0.4, 0.5) is 0 Å². The van der Waals surface area contributed by atoms with E-state index in [4.69, 9.17) is 0 Å². The first-order valence-electron chi connectivity index (χ1n) is 6.37. The van der Waals surface area contributed by atoms with Gasteiger partial charge in [0.2, 0.25) is 0 Å². The number of aliphatic hydroxyl groups excluding tert-OH is 1. The molecular formula is C12H22N2O2. The monoisotopic (exact) mass is 226 g/mol. The molecule has 0 aromatic heterocycles. The van der Waals surface area contributed by atoms with E-state index in [-0.39, 0.29) is 11.9 Å². The average Bonchev–Trinajstić information content (AvgIpc) is 2.59. The topological polar surface area (TPSA) is 43.8 Å². The Kier molecular flexibility index (Phi) is 3.22. The molecule has 2 fully saturated rings. The molecule has 4 atom stereocenters. The first kappa shape index (κ1) is 11.9. The SMILES string of the molecule is CCC[C@H]1[C@@H](O)C(=O)N1N1[C@H](C)CC[C@H]1C. The van der Waals surface area contributed by atoms with Crippen LogP contribution < -0.4 is 0 Å². The number of hydrazine groups is 1. The van der Waals surface area contributed by atoms with Gasteiger partial charge >= 0.3 is 0 Å². The molecule has 0 aromatic carbocycles. The zero-order valence-electron chi connectivity index (χ0n) is 10.4. The van der Waals surface area contributed by atoms with E-state index in [9.17, 15) is 9.90 Å². The number of amides is 1. The Balaban J connectivity index is 2.10. The highest BCUT2D eigenvalue weighted by Crippen LogP contribution is 2.34. The van der Waals surface area contributed by atoms with Gasteiger partial charge in [-0.3, -0.25) is 9.80 Å². The van der Waals surface area contributed by atoms with Gasteiger partial charge in [-0.15, -0.1) is 0 Å². The lowest BCUT2D eigenvalue weighted by Gasteiger charge is -2.51. The molecule has 1 amide bonds. The summed E-state index contributed by atoms with van der Waals surface area (Å²) in [4.78, 5) is 11.8. The van der Waals surface area contributed by atoms with Gasteiger partial charge in [0, 0.05) is 12.1 Å². The fourth-order valence-electron chi connectivity index (χ4n) is 2.98. The van der Waals surface area contributed by atoms with Gasteiger partial charge in [0.05, 0.1) is 6.04 Å². The number of aliphatic hydroxyl groups is 1. The molecule has 0 spiro atoms. The summed E-state index contributed by atoms with van der Waals surface area (Å²) in [6, 6.07) is 0.858. The molecule has 0 saturated carbocycles. The molecule has 2 heterocycles. The van der Waals surface area contributed by atoms with Crippen LogP contribution in [-0.2, 0) is 4.79 Å². The fourth-order valence-corrected chi connectivity index (χ4v) is 2.98. The van der Waals surface area contributed by atoms with Crippen molar-refractivity contribution in [3.8, 4) is 0 Å². The van der Waals surface area contributed by atoms with Crippen molar-refractivity contribution >= 4 is 5.91 Å². The van der Waals surface area contributed by atoms with E-state index in [2.05, 4.69) is 25.8 Å². The van der Waals surface area contributed by atoms with Gasteiger partial charge in [0.1, 0.15) is 0 Å². The highest BCUT2D eigenvalue weighted by Gasteiger charge is 2.51. The smallest absolute Gasteiger partial charge is 0.268 e. The van der Waals surface area contributed by atoms with Gasteiger partial charge in [-0.25, -0.2) is 5.01 Å². The van der Waals surface area contributed by atoms with Crippen molar-refractivity contribution in [2.45, 2.75) is 70.7 Å². The van der Waals surface area contributed by atoms with Gasteiger partial charge in [0.25, 0.3) is 5.91 Å². The zero-order chi connectivity index (χ0) is 11.9. The summed E-state index contributed by atoms with van der Waals surface area (Å²) in [5.74, 6) is -0.112. The molecule has 1 N–H and O–H groups in total. The second-order valence-corrected chi connectivity index (χ2v) is 5.14. The molecule has 2 saturated heterocycles. The Morgan fingerprint density at radius 2 is 1.88 bits per heavy atom. The standard InChI is InChI=1S/C12H22N2O2/c1-4-5-10-11(15)12(16)14(10)13-8(2)6-7-9(13)3/h8-11,15H,4-7H2,1-3H3/t8-,9-,10+,11-/m1/s1. The summed E-state index contributed by atoms with van der Waals surface area (Å²) >= 11 is 0. The van der Waals surface area contributed by atoms with Crippen molar-refractivity contribution in [1.29, 1.82) is 0 Å². The molecule has 4 nitrogen and oxygen atoms in total. The summed E-state index contributed by atoms with van der Waals surface area (Å²) < 4.78 is 0. The van der Waals surface area contributed by atoms with Gasteiger partial charge in [0.15, 0.2) is 6.10 Å². The molecule has 92 valence electrons. The molecule has 2 rings (SSSR count). The van der Waals surface area contributed by atoms with Crippen LogP contribution in [0.25, 0.3) is 0 Å². The van der Waals surface area contributed by atoms with Gasteiger partial charge in [-0.05, 0) is 33.1 Å². The molecule has 0 aromatic rings. The molecular weight excluding hydrogens is 204 g/mol. The minimum absolute atomic E-state index is 0.0144. The summed E-state index contributed by atoms with van der Waals surface area (Å²) in [6.45, 7) is 6.40. The van der Waals surface area contributed by atoms with Gasteiger partial charge < -0.3 is 5.11 Å². The van der Waals surface area contributed by atoms with E-state index < -0.39 is 6.10 Å². The van der Waals surface area contributed by atoms with Crippen LogP contribution in [0.3, 0.4) is 0 Å². The molecule has 0 radical (unpaired) electrons. The van der Waals surface area contributed by atoms with Crippen molar-refractivity contribution in [2.75, 3.05) is 0 Å². The number of hydrogen-bond donors (Lipinski definition) is 1. The first-order valence-corrected chi connectivity index (χ1v) is 6.37. The number of rotatable bonds is 3. The number of hydrogen-bond acceptors (Lipinski definition) is 3. The Morgan fingerprint density at radius 1 is 1.31 bits per heavy atom. The predicted octanol–water partition coefficient (Wildman–Crippen LogP) is 1.15. The largest absolute Gasteiger partial charge is 0.381 e. The molecule has 0 bridgehead atoms. The quantitative estimate of drug-likeness (QED) is 0.734. The van der Waals surface area contributed by atoms with E-state index in [0.717, 1.165) is 25.7 Å². The highest BCUT2D eigenvalue weighted by atomic mass is 16.3. The minimum Gasteiger partial charge on any atom is -0.381 e. The molecule has 4 heteroatoms. The summed E-state index contributed by atoms with van der Waals surface area (Å²) in [5.41, 5.74) is 0.